The van der Waals surface area contributed by atoms with Gasteiger partial charge in [0.2, 0.25) is 15.9 Å². The molecule has 0 saturated heterocycles. The maximum absolute atomic E-state index is 12.9. The van der Waals surface area contributed by atoms with Crippen LogP contribution in [0.2, 0.25) is 0 Å². The van der Waals surface area contributed by atoms with Crippen LogP contribution in [0.25, 0.3) is 0 Å². The van der Waals surface area contributed by atoms with Crippen molar-refractivity contribution in [3.05, 3.63) is 42.4 Å². The molecule has 0 bridgehead atoms. The van der Waals surface area contributed by atoms with Crippen molar-refractivity contribution in [3.8, 4) is 5.75 Å². The normalized spacial score (nSPS) is 11.6. The molecule has 1 aromatic carbocycles. The van der Waals surface area contributed by atoms with Crippen LogP contribution in [0.4, 0.5) is 5.69 Å². The van der Waals surface area contributed by atoms with Crippen molar-refractivity contribution in [2.45, 2.75) is 38.5 Å². The van der Waals surface area contributed by atoms with Gasteiger partial charge >= 0.3 is 0 Å². The number of ether oxygens (including phenoxy) is 1. The summed E-state index contributed by atoms with van der Waals surface area (Å²) < 4.78 is 37.9. The second-order valence-corrected chi connectivity index (χ2v) is 7.72. The van der Waals surface area contributed by atoms with E-state index in [0.717, 1.165) is 5.76 Å². The molecule has 1 heterocycles. The molecule has 8 heteroatoms. The standard InChI is InChI=1S/C19H26N2O5S/c1-4-21(5-2)27(23,24)18-14-15(9-11-17(18)25-6-3)20-19(22)12-10-16-8-7-13-26-16/h7-9,11,13-14H,4-6,10,12H2,1-3H3,(H,20,22). The summed E-state index contributed by atoms with van der Waals surface area (Å²) in [5, 5.41) is 2.74. The summed E-state index contributed by atoms with van der Waals surface area (Å²) in [6.45, 7) is 6.39. The number of benzene rings is 1. The Hall–Kier alpha value is -2.32. The van der Waals surface area contributed by atoms with E-state index < -0.39 is 10.0 Å². The van der Waals surface area contributed by atoms with E-state index in [1.165, 1.54) is 10.4 Å². The summed E-state index contributed by atoms with van der Waals surface area (Å²) in [6, 6.07) is 8.23. The maximum Gasteiger partial charge on any atom is 0.246 e. The Balaban J connectivity index is 2.22. The number of furan rings is 1. The number of amides is 1. The first-order valence-electron chi connectivity index (χ1n) is 9.01. The number of anilines is 1. The second kappa shape index (κ2) is 9.57. The van der Waals surface area contributed by atoms with Crippen molar-refractivity contribution in [3.63, 3.8) is 0 Å². The average molecular weight is 394 g/mol. The highest BCUT2D eigenvalue weighted by Gasteiger charge is 2.26. The topological polar surface area (TPSA) is 88.8 Å². The monoisotopic (exact) mass is 394 g/mol. The highest BCUT2D eigenvalue weighted by Crippen LogP contribution is 2.30. The molecule has 1 amide bonds. The molecule has 2 rings (SSSR count). The quantitative estimate of drug-likeness (QED) is 0.668. The highest BCUT2D eigenvalue weighted by atomic mass is 32.2. The van der Waals surface area contributed by atoms with E-state index in [-0.39, 0.29) is 23.0 Å². The Morgan fingerprint density at radius 1 is 1.19 bits per heavy atom. The molecular weight excluding hydrogens is 368 g/mol. The number of hydrogen-bond donors (Lipinski definition) is 1. The van der Waals surface area contributed by atoms with Crippen LogP contribution in [0, 0.1) is 0 Å². The minimum Gasteiger partial charge on any atom is -0.492 e. The van der Waals surface area contributed by atoms with E-state index in [9.17, 15) is 13.2 Å². The minimum atomic E-state index is -3.72. The zero-order valence-corrected chi connectivity index (χ0v) is 16.7. The SMILES string of the molecule is CCOc1ccc(NC(=O)CCc2ccco2)cc1S(=O)(=O)N(CC)CC. The molecule has 0 atom stereocenters. The molecule has 0 saturated carbocycles. The van der Waals surface area contributed by atoms with Crippen molar-refractivity contribution in [1.29, 1.82) is 0 Å². The lowest BCUT2D eigenvalue weighted by atomic mass is 10.2. The molecule has 2 aromatic rings. The highest BCUT2D eigenvalue weighted by molar-refractivity contribution is 7.89. The maximum atomic E-state index is 12.9. The van der Waals surface area contributed by atoms with Gasteiger partial charge in [-0.25, -0.2) is 8.42 Å². The minimum absolute atomic E-state index is 0.0527. The Labute approximate surface area is 160 Å². The largest absolute Gasteiger partial charge is 0.492 e. The Kier molecular flexibility index (Phi) is 7.44. The average Bonchev–Trinajstić information content (AvgIpc) is 3.16. The van der Waals surface area contributed by atoms with Crippen LogP contribution < -0.4 is 10.1 Å². The molecular formula is C19H26N2O5S. The molecule has 0 unspecified atom stereocenters. The predicted molar refractivity (Wildman–Crippen MR) is 103 cm³/mol. The number of nitrogens with one attached hydrogen (secondary N) is 1. The number of aryl methyl sites for hydroxylation is 1. The molecule has 148 valence electrons. The first-order chi connectivity index (χ1) is 12.9. The molecule has 0 aliphatic carbocycles. The van der Waals surface area contributed by atoms with Crippen LogP contribution in [0.15, 0.2) is 45.9 Å². The van der Waals surface area contributed by atoms with Crippen LogP contribution in [-0.4, -0.2) is 38.3 Å². The molecule has 27 heavy (non-hydrogen) atoms. The molecule has 1 aromatic heterocycles. The number of rotatable bonds is 10. The van der Waals surface area contributed by atoms with Gasteiger partial charge < -0.3 is 14.5 Å². The summed E-state index contributed by atoms with van der Waals surface area (Å²) in [7, 11) is -3.72. The van der Waals surface area contributed by atoms with Crippen LogP contribution in [0.5, 0.6) is 5.75 Å². The molecule has 0 aliphatic heterocycles. The number of hydrogen-bond acceptors (Lipinski definition) is 5. The van der Waals surface area contributed by atoms with E-state index >= 15 is 0 Å². The molecule has 0 aliphatic rings. The Morgan fingerprint density at radius 3 is 2.52 bits per heavy atom. The van der Waals surface area contributed by atoms with E-state index in [2.05, 4.69) is 5.32 Å². The lowest BCUT2D eigenvalue weighted by Crippen LogP contribution is -2.31. The fraction of sp³-hybridized carbons (Fsp3) is 0.421. The smallest absolute Gasteiger partial charge is 0.246 e. The zero-order chi connectivity index (χ0) is 19.9. The fourth-order valence-corrected chi connectivity index (χ4v) is 4.29. The van der Waals surface area contributed by atoms with Gasteiger partial charge in [-0.05, 0) is 37.3 Å². The number of carbonyl (C=O) groups excluding carboxylic acids is 1. The van der Waals surface area contributed by atoms with Crippen molar-refractivity contribution in [2.75, 3.05) is 25.0 Å². The van der Waals surface area contributed by atoms with Gasteiger partial charge in [0.1, 0.15) is 16.4 Å². The summed E-state index contributed by atoms with van der Waals surface area (Å²) in [4.78, 5) is 12.2. The van der Waals surface area contributed by atoms with Gasteiger partial charge in [-0.2, -0.15) is 4.31 Å². The lowest BCUT2D eigenvalue weighted by Gasteiger charge is -2.21. The molecule has 1 N–H and O–H groups in total. The van der Waals surface area contributed by atoms with Crippen LogP contribution in [0.3, 0.4) is 0 Å². The van der Waals surface area contributed by atoms with Gasteiger partial charge in [-0.1, -0.05) is 13.8 Å². The number of carbonyl (C=O) groups is 1. The fourth-order valence-electron chi connectivity index (χ4n) is 2.68. The van der Waals surface area contributed by atoms with Gasteiger partial charge in [0.05, 0.1) is 12.9 Å². The number of nitrogens with zero attached hydrogens (tertiary/aromatic N) is 1. The van der Waals surface area contributed by atoms with Gasteiger partial charge in [-0.3, -0.25) is 4.79 Å². The van der Waals surface area contributed by atoms with Crippen molar-refractivity contribution < 1.29 is 22.4 Å². The van der Waals surface area contributed by atoms with Crippen molar-refractivity contribution in [1.82, 2.24) is 4.31 Å². The van der Waals surface area contributed by atoms with E-state index in [1.54, 1.807) is 51.3 Å². The number of sulfonamides is 1. The molecule has 0 fully saturated rings. The first kappa shape index (κ1) is 21.0. The third-order valence-corrected chi connectivity index (χ3v) is 6.10. The van der Waals surface area contributed by atoms with Crippen molar-refractivity contribution in [2.24, 2.45) is 0 Å². The van der Waals surface area contributed by atoms with E-state index in [4.69, 9.17) is 9.15 Å². The predicted octanol–water partition coefficient (Wildman–Crippen LogP) is 3.28. The van der Waals surface area contributed by atoms with Crippen LogP contribution >= 0.6 is 0 Å². The summed E-state index contributed by atoms with van der Waals surface area (Å²) >= 11 is 0. The van der Waals surface area contributed by atoms with Crippen molar-refractivity contribution >= 4 is 21.6 Å². The Bertz CT molecular complexity index is 843. The van der Waals surface area contributed by atoms with E-state index in [1.807, 2.05) is 0 Å². The molecule has 7 nitrogen and oxygen atoms in total. The third-order valence-electron chi connectivity index (χ3n) is 4.03. The Morgan fingerprint density at radius 2 is 1.93 bits per heavy atom. The summed E-state index contributed by atoms with van der Waals surface area (Å²) in [5.41, 5.74) is 0.411. The van der Waals surface area contributed by atoms with Gasteiger partial charge in [0, 0.05) is 31.6 Å². The summed E-state index contributed by atoms with van der Waals surface area (Å²) in [6.07, 6.45) is 2.27. The van der Waals surface area contributed by atoms with Crippen LogP contribution in [-0.2, 0) is 21.2 Å². The van der Waals surface area contributed by atoms with Gasteiger partial charge in [0.15, 0.2) is 0 Å². The molecule has 0 radical (unpaired) electrons. The zero-order valence-electron chi connectivity index (χ0n) is 15.9. The van der Waals surface area contributed by atoms with E-state index in [0.29, 0.717) is 31.8 Å². The van der Waals surface area contributed by atoms with Crippen LogP contribution in [0.1, 0.15) is 33.0 Å². The third kappa shape index (κ3) is 5.33. The van der Waals surface area contributed by atoms with Gasteiger partial charge in [0.25, 0.3) is 0 Å². The first-order valence-corrected chi connectivity index (χ1v) is 10.5. The second-order valence-electron chi connectivity index (χ2n) is 5.81. The summed E-state index contributed by atoms with van der Waals surface area (Å²) in [5.74, 6) is 0.779. The molecule has 0 spiro atoms. The van der Waals surface area contributed by atoms with Gasteiger partial charge in [-0.15, -0.1) is 0 Å². The lowest BCUT2D eigenvalue weighted by molar-refractivity contribution is -0.116.